The van der Waals surface area contributed by atoms with E-state index in [0.717, 1.165) is 22.2 Å². The number of carbonyl (C=O) groups excluding carboxylic acids is 2. The summed E-state index contributed by atoms with van der Waals surface area (Å²) in [5.41, 5.74) is 1.48. The van der Waals surface area contributed by atoms with Crippen LogP contribution in [0.1, 0.15) is 16.7 Å². The number of ether oxygens (including phenoxy) is 2. The summed E-state index contributed by atoms with van der Waals surface area (Å²) < 4.78 is 38.3. The number of halogens is 3. The van der Waals surface area contributed by atoms with Gasteiger partial charge in [0.2, 0.25) is 0 Å². The van der Waals surface area contributed by atoms with E-state index < -0.39 is 17.0 Å². The van der Waals surface area contributed by atoms with Gasteiger partial charge in [-0.05, 0) is 65.4 Å². The summed E-state index contributed by atoms with van der Waals surface area (Å²) in [6.45, 7) is -0.0412. The number of thioether (sulfide) groups is 1. The molecule has 1 fully saturated rings. The average molecular weight is 502 g/mol. The first-order valence-electron chi connectivity index (χ1n) is 10.1. The molecule has 0 saturated carbocycles. The molecule has 34 heavy (non-hydrogen) atoms. The Morgan fingerprint density at radius 1 is 1.03 bits per heavy atom. The van der Waals surface area contributed by atoms with Crippen molar-refractivity contribution in [1.29, 1.82) is 0 Å². The Balaban J connectivity index is 1.50. The van der Waals surface area contributed by atoms with E-state index in [1.54, 1.807) is 36.4 Å². The van der Waals surface area contributed by atoms with Crippen molar-refractivity contribution in [3.8, 4) is 11.5 Å². The fourth-order valence-electron chi connectivity index (χ4n) is 3.26. The highest BCUT2D eigenvalue weighted by Gasteiger charge is 2.36. The van der Waals surface area contributed by atoms with Gasteiger partial charge in [-0.15, -0.1) is 0 Å². The molecule has 4 rings (SSSR count). The molecule has 174 valence electrons. The molecule has 1 saturated heterocycles. The maximum atomic E-state index is 14.1. The highest BCUT2D eigenvalue weighted by atomic mass is 35.5. The second kappa shape index (κ2) is 10.3. The molecule has 0 N–H and O–H groups in total. The number of rotatable bonds is 7. The number of hydrogen-bond donors (Lipinski definition) is 0. The summed E-state index contributed by atoms with van der Waals surface area (Å²) in [6, 6.07) is 15.2. The van der Waals surface area contributed by atoms with Crippen LogP contribution in [0.2, 0.25) is 5.02 Å². The van der Waals surface area contributed by atoms with Crippen LogP contribution >= 0.6 is 23.4 Å². The van der Waals surface area contributed by atoms with E-state index in [9.17, 15) is 18.4 Å². The third kappa shape index (κ3) is 5.24. The molecular formula is C25H18ClF2NO4S. The molecule has 5 nitrogen and oxygen atoms in total. The van der Waals surface area contributed by atoms with Gasteiger partial charge in [0.15, 0.2) is 11.5 Å². The monoisotopic (exact) mass is 501 g/mol. The number of nitrogens with zero attached hydrogens (tertiary/aromatic N) is 1. The van der Waals surface area contributed by atoms with Crippen molar-refractivity contribution in [2.45, 2.75) is 13.2 Å². The number of benzene rings is 3. The van der Waals surface area contributed by atoms with Crippen LogP contribution in [0.15, 0.2) is 65.6 Å². The van der Waals surface area contributed by atoms with E-state index in [0.29, 0.717) is 17.1 Å². The predicted octanol–water partition coefficient (Wildman–Crippen LogP) is 6.44. The minimum atomic E-state index is -0.587. The maximum absolute atomic E-state index is 14.1. The molecular weight excluding hydrogens is 484 g/mol. The van der Waals surface area contributed by atoms with Crippen molar-refractivity contribution < 1.29 is 27.8 Å². The molecule has 0 unspecified atom stereocenters. The molecule has 0 radical (unpaired) electrons. The van der Waals surface area contributed by atoms with Crippen molar-refractivity contribution in [3.05, 3.63) is 98.9 Å². The van der Waals surface area contributed by atoms with Crippen LogP contribution in [0.25, 0.3) is 6.08 Å². The Labute approximate surface area is 203 Å². The number of hydrogen-bond acceptors (Lipinski definition) is 5. The summed E-state index contributed by atoms with van der Waals surface area (Å²) in [7, 11) is 1.48. The van der Waals surface area contributed by atoms with Gasteiger partial charge in [0.1, 0.15) is 18.2 Å². The SMILES string of the molecule is COc1cc(/C=C2/SC(=O)N(Cc3c(F)cccc3Cl)C2=O)ccc1OCc1ccc(F)cc1. The smallest absolute Gasteiger partial charge is 0.293 e. The zero-order chi connectivity index (χ0) is 24.2. The van der Waals surface area contributed by atoms with Gasteiger partial charge in [0, 0.05) is 10.6 Å². The Morgan fingerprint density at radius 2 is 1.79 bits per heavy atom. The standard InChI is InChI=1S/C25H18ClF2NO4S/c1-32-22-11-16(7-10-21(22)33-14-15-5-8-17(27)9-6-15)12-23-24(30)29(25(31)34-23)13-18-19(26)3-2-4-20(18)28/h2-12H,13-14H2,1H3/b23-12+. The predicted molar refractivity (Wildman–Crippen MR) is 127 cm³/mol. The molecule has 2 amide bonds. The van der Waals surface area contributed by atoms with Crippen LogP contribution in [-0.4, -0.2) is 23.2 Å². The van der Waals surface area contributed by atoms with Crippen LogP contribution in [0.3, 0.4) is 0 Å². The second-order valence-corrected chi connectivity index (χ2v) is 8.69. The summed E-state index contributed by atoms with van der Waals surface area (Å²) in [5, 5.41) is -0.370. The second-order valence-electron chi connectivity index (χ2n) is 7.29. The van der Waals surface area contributed by atoms with Gasteiger partial charge >= 0.3 is 0 Å². The van der Waals surface area contributed by atoms with E-state index in [-0.39, 0.29) is 34.5 Å². The minimum absolute atomic E-state index is 0.0806. The topological polar surface area (TPSA) is 55.8 Å². The van der Waals surface area contributed by atoms with Gasteiger partial charge in [-0.2, -0.15) is 0 Å². The molecule has 0 aromatic heterocycles. The highest BCUT2D eigenvalue weighted by Crippen LogP contribution is 2.36. The van der Waals surface area contributed by atoms with Crippen LogP contribution < -0.4 is 9.47 Å². The Kier molecular flexibility index (Phi) is 7.19. The number of carbonyl (C=O) groups is 2. The maximum Gasteiger partial charge on any atom is 0.293 e. The lowest BCUT2D eigenvalue weighted by molar-refractivity contribution is -0.123. The Bertz CT molecular complexity index is 1260. The van der Waals surface area contributed by atoms with Crippen LogP contribution in [-0.2, 0) is 17.9 Å². The lowest BCUT2D eigenvalue weighted by Gasteiger charge is -2.14. The van der Waals surface area contributed by atoms with Gasteiger partial charge in [-0.1, -0.05) is 35.9 Å². The number of methoxy groups -OCH3 is 1. The van der Waals surface area contributed by atoms with Crippen LogP contribution in [0, 0.1) is 11.6 Å². The van der Waals surface area contributed by atoms with E-state index in [2.05, 4.69) is 0 Å². The lowest BCUT2D eigenvalue weighted by Crippen LogP contribution is -2.28. The molecule has 3 aromatic rings. The van der Waals surface area contributed by atoms with Gasteiger partial charge in [-0.25, -0.2) is 8.78 Å². The summed E-state index contributed by atoms with van der Waals surface area (Å²) in [4.78, 5) is 26.4. The summed E-state index contributed by atoms with van der Waals surface area (Å²) in [5.74, 6) is -0.562. The van der Waals surface area contributed by atoms with Crippen LogP contribution in [0.4, 0.5) is 13.6 Å². The lowest BCUT2D eigenvalue weighted by atomic mass is 10.1. The van der Waals surface area contributed by atoms with Crippen molar-refractivity contribution in [2.75, 3.05) is 7.11 Å². The minimum Gasteiger partial charge on any atom is -0.493 e. The molecule has 0 atom stereocenters. The number of imide groups is 1. The van der Waals surface area contributed by atoms with Gasteiger partial charge in [0.25, 0.3) is 11.1 Å². The molecule has 0 spiro atoms. The summed E-state index contributed by atoms with van der Waals surface area (Å²) >= 11 is 6.80. The zero-order valence-electron chi connectivity index (χ0n) is 17.9. The molecule has 3 aromatic carbocycles. The third-order valence-corrected chi connectivity index (χ3v) is 6.31. The van der Waals surface area contributed by atoms with E-state index >= 15 is 0 Å². The third-order valence-electron chi connectivity index (χ3n) is 5.04. The van der Waals surface area contributed by atoms with Crippen LogP contribution in [0.5, 0.6) is 11.5 Å². The quantitative estimate of drug-likeness (QED) is 0.349. The Morgan fingerprint density at radius 3 is 2.50 bits per heavy atom. The molecule has 0 aliphatic carbocycles. The summed E-state index contributed by atoms with van der Waals surface area (Å²) in [6.07, 6.45) is 1.56. The fourth-order valence-corrected chi connectivity index (χ4v) is 4.33. The van der Waals surface area contributed by atoms with E-state index in [1.807, 2.05) is 0 Å². The fraction of sp³-hybridized carbons (Fsp3) is 0.120. The largest absolute Gasteiger partial charge is 0.493 e. The van der Waals surface area contributed by atoms with Crippen molar-refractivity contribution >= 4 is 40.6 Å². The molecule has 1 heterocycles. The molecule has 9 heteroatoms. The van der Waals surface area contributed by atoms with E-state index in [1.165, 1.54) is 37.4 Å². The Hall–Kier alpha value is -3.36. The van der Waals surface area contributed by atoms with Gasteiger partial charge in [0.05, 0.1) is 18.6 Å². The van der Waals surface area contributed by atoms with Gasteiger partial charge in [-0.3, -0.25) is 14.5 Å². The highest BCUT2D eigenvalue weighted by molar-refractivity contribution is 8.18. The normalized spacial score (nSPS) is 14.7. The molecule has 0 bridgehead atoms. The zero-order valence-corrected chi connectivity index (χ0v) is 19.5. The number of amides is 2. The first kappa shape index (κ1) is 23.8. The van der Waals surface area contributed by atoms with Gasteiger partial charge < -0.3 is 9.47 Å². The molecule has 1 aliphatic heterocycles. The van der Waals surface area contributed by atoms with E-state index in [4.69, 9.17) is 21.1 Å². The first-order valence-corrected chi connectivity index (χ1v) is 11.3. The first-order chi connectivity index (χ1) is 16.4. The van der Waals surface area contributed by atoms with Crippen molar-refractivity contribution in [2.24, 2.45) is 0 Å². The van der Waals surface area contributed by atoms with Crippen molar-refractivity contribution in [3.63, 3.8) is 0 Å². The average Bonchev–Trinajstić information content (AvgIpc) is 3.08. The van der Waals surface area contributed by atoms with Crippen molar-refractivity contribution in [1.82, 2.24) is 4.90 Å². The molecule has 1 aliphatic rings.